The van der Waals surface area contributed by atoms with Crippen LogP contribution in [0, 0.1) is 24.6 Å². The number of aromatic amines is 1. The van der Waals surface area contributed by atoms with Gasteiger partial charge in [0, 0.05) is 48.8 Å². The van der Waals surface area contributed by atoms with Gasteiger partial charge in [0.05, 0.1) is 5.56 Å². The van der Waals surface area contributed by atoms with Crippen LogP contribution in [0.1, 0.15) is 73.9 Å². The van der Waals surface area contributed by atoms with Crippen molar-refractivity contribution in [1.29, 1.82) is 0 Å². The number of hydrogen-bond donors (Lipinski definition) is 5. The van der Waals surface area contributed by atoms with Crippen LogP contribution in [0.2, 0.25) is 0 Å². The van der Waals surface area contributed by atoms with E-state index in [1.807, 2.05) is 49.4 Å². The summed E-state index contributed by atoms with van der Waals surface area (Å²) in [5, 5.41) is 22.4. The van der Waals surface area contributed by atoms with E-state index in [0.29, 0.717) is 24.1 Å². The number of nitrogens with zero attached hydrogens (tertiary/aromatic N) is 4. The first-order valence-corrected chi connectivity index (χ1v) is 18.7. The van der Waals surface area contributed by atoms with Crippen LogP contribution in [0.15, 0.2) is 60.7 Å². The lowest BCUT2D eigenvalue weighted by atomic mass is 9.81. The first kappa shape index (κ1) is 40.5. The number of aromatic nitrogens is 4. The van der Waals surface area contributed by atoms with Gasteiger partial charge in [-0.2, -0.15) is 5.21 Å². The normalized spacial score (nSPS) is 18.4. The Morgan fingerprint density at radius 2 is 1.65 bits per heavy atom. The van der Waals surface area contributed by atoms with E-state index in [1.165, 1.54) is 12.1 Å². The van der Waals surface area contributed by atoms with Crippen molar-refractivity contribution in [2.75, 3.05) is 25.0 Å². The third kappa shape index (κ3) is 10.1. The molecule has 1 aliphatic carbocycles. The van der Waals surface area contributed by atoms with E-state index in [4.69, 9.17) is 5.73 Å². The zero-order valence-corrected chi connectivity index (χ0v) is 31.9. The van der Waals surface area contributed by atoms with Crippen LogP contribution < -0.4 is 21.7 Å². The summed E-state index contributed by atoms with van der Waals surface area (Å²) in [4.78, 5) is 42.7. The highest BCUT2D eigenvalue weighted by Gasteiger charge is 2.30. The molecule has 1 atom stereocenters. The Kier molecular flexibility index (Phi) is 13.9. The molecular weight excluding hydrogens is 709 g/mol. The highest BCUT2D eigenvalue weighted by Crippen LogP contribution is 2.29. The molecule has 288 valence electrons. The molecule has 3 aromatic carbocycles. The number of tetrazole rings is 1. The lowest BCUT2D eigenvalue weighted by Gasteiger charge is -2.34. The van der Waals surface area contributed by atoms with Crippen molar-refractivity contribution in [3.63, 3.8) is 0 Å². The molecule has 12 nitrogen and oxygen atoms in total. The van der Waals surface area contributed by atoms with E-state index >= 15 is 0 Å². The minimum Gasteiger partial charge on any atom is -0.349 e. The predicted octanol–water partition coefficient (Wildman–Crippen LogP) is 5.44. The van der Waals surface area contributed by atoms with Gasteiger partial charge in [0.15, 0.2) is 0 Å². The van der Waals surface area contributed by atoms with E-state index in [2.05, 4.69) is 55.3 Å². The van der Waals surface area contributed by atoms with Gasteiger partial charge in [-0.05, 0) is 130 Å². The van der Waals surface area contributed by atoms with Crippen molar-refractivity contribution in [3.8, 4) is 22.5 Å². The number of amides is 3. The van der Waals surface area contributed by atoms with Crippen molar-refractivity contribution in [3.05, 3.63) is 83.2 Å². The molecule has 2 fully saturated rings. The standard InChI is InChI=1S/C40H50FN9O3.ClH/c1-24(2)50-18-16-31(17-19-50)43-39(52)30-12-14-33(25(3)20-30)28-8-4-26(5-9-28)21-36(45-38(51)29-10-6-27(23-42)7-11-29)40(53)44-32-13-15-34(35(41)22-32)37-46-48-49-47-37;/h4-5,8-9,12-15,20,22,24,27,29,31,36H,6-7,10-11,16-19,21,23,42H2,1-3H3,(H,43,52)(H,44,53)(H,45,51)(H,46,47,48,49);1H/t27?,29?,36-;/m0./s1. The van der Waals surface area contributed by atoms with Crippen molar-refractivity contribution in [1.82, 2.24) is 36.2 Å². The van der Waals surface area contributed by atoms with Gasteiger partial charge < -0.3 is 26.6 Å². The Morgan fingerprint density at radius 3 is 2.26 bits per heavy atom. The number of carbonyl (C=O) groups excluding carboxylic acids is 3. The molecule has 1 saturated heterocycles. The number of nitrogens with two attached hydrogens (primary N) is 1. The number of anilines is 1. The number of halogens is 2. The number of H-pyrrole nitrogens is 1. The van der Waals surface area contributed by atoms with E-state index in [1.54, 1.807) is 6.07 Å². The van der Waals surface area contributed by atoms with Gasteiger partial charge in [0.1, 0.15) is 11.9 Å². The molecular formula is C40H51ClFN9O3. The monoisotopic (exact) mass is 759 g/mol. The largest absolute Gasteiger partial charge is 0.349 e. The molecule has 6 rings (SSSR count). The molecule has 2 aliphatic rings. The first-order chi connectivity index (χ1) is 25.6. The topological polar surface area (TPSA) is 171 Å². The van der Waals surface area contributed by atoms with E-state index < -0.39 is 17.8 Å². The zero-order chi connectivity index (χ0) is 37.5. The number of rotatable bonds is 12. The molecule has 0 radical (unpaired) electrons. The summed E-state index contributed by atoms with van der Waals surface area (Å²) in [6, 6.07) is 17.6. The number of hydrogen-bond acceptors (Lipinski definition) is 8. The Labute approximate surface area is 322 Å². The summed E-state index contributed by atoms with van der Waals surface area (Å²) in [6.45, 7) is 8.99. The number of piperidine rings is 1. The maximum atomic E-state index is 14.9. The predicted molar refractivity (Wildman–Crippen MR) is 209 cm³/mol. The molecule has 2 heterocycles. The molecule has 0 unspecified atom stereocenters. The quantitative estimate of drug-likeness (QED) is 0.127. The smallest absolute Gasteiger partial charge is 0.251 e. The molecule has 1 aromatic heterocycles. The highest BCUT2D eigenvalue weighted by atomic mass is 35.5. The second kappa shape index (κ2) is 18.5. The minimum absolute atomic E-state index is 0. The fourth-order valence-electron chi connectivity index (χ4n) is 7.45. The summed E-state index contributed by atoms with van der Waals surface area (Å²) in [6.07, 6.45) is 5.32. The van der Waals surface area contributed by atoms with Crippen molar-refractivity contribution in [2.45, 2.75) is 83.8 Å². The first-order valence-electron chi connectivity index (χ1n) is 18.7. The number of carbonyl (C=O) groups is 3. The third-order valence-corrected chi connectivity index (χ3v) is 10.8. The molecule has 14 heteroatoms. The fraction of sp³-hybridized carbons (Fsp3) is 0.450. The van der Waals surface area contributed by atoms with Crippen LogP contribution in [0.25, 0.3) is 22.5 Å². The van der Waals surface area contributed by atoms with Crippen molar-refractivity contribution < 1.29 is 18.8 Å². The lowest BCUT2D eigenvalue weighted by molar-refractivity contribution is -0.130. The lowest BCUT2D eigenvalue weighted by Crippen LogP contribution is -2.48. The molecule has 0 bridgehead atoms. The maximum Gasteiger partial charge on any atom is 0.251 e. The van der Waals surface area contributed by atoms with Gasteiger partial charge in [-0.3, -0.25) is 14.4 Å². The molecule has 3 amide bonds. The number of nitrogens with one attached hydrogen (secondary N) is 4. The average molecular weight is 760 g/mol. The van der Waals surface area contributed by atoms with Gasteiger partial charge in [0.25, 0.3) is 5.91 Å². The second-order valence-electron chi connectivity index (χ2n) is 14.7. The molecule has 1 saturated carbocycles. The van der Waals surface area contributed by atoms with Crippen LogP contribution in [-0.4, -0.2) is 81.0 Å². The number of benzene rings is 3. The van der Waals surface area contributed by atoms with Crippen LogP contribution >= 0.6 is 12.4 Å². The summed E-state index contributed by atoms with van der Waals surface area (Å²) in [5.41, 5.74) is 10.7. The van der Waals surface area contributed by atoms with Gasteiger partial charge >= 0.3 is 0 Å². The number of aryl methyl sites for hydroxylation is 1. The highest BCUT2D eigenvalue weighted by molar-refractivity contribution is 5.98. The Hall–Kier alpha value is -4.72. The summed E-state index contributed by atoms with van der Waals surface area (Å²) < 4.78 is 14.9. The van der Waals surface area contributed by atoms with Crippen molar-refractivity contribution >= 4 is 35.8 Å². The van der Waals surface area contributed by atoms with Crippen LogP contribution in [0.5, 0.6) is 0 Å². The maximum absolute atomic E-state index is 14.9. The summed E-state index contributed by atoms with van der Waals surface area (Å²) in [7, 11) is 0. The summed E-state index contributed by atoms with van der Waals surface area (Å²) >= 11 is 0. The molecule has 1 aliphatic heterocycles. The Balaban J connectivity index is 0.00000561. The molecule has 4 aromatic rings. The van der Waals surface area contributed by atoms with E-state index in [0.717, 1.165) is 73.9 Å². The Bertz CT molecular complexity index is 1870. The molecule has 6 N–H and O–H groups in total. The van der Waals surface area contributed by atoms with Crippen LogP contribution in [-0.2, 0) is 16.0 Å². The summed E-state index contributed by atoms with van der Waals surface area (Å²) in [5.74, 6) is -0.990. The molecule has 54 heavy (non-hydrogen) atoms. The van der Waals surface area contributed by atoms with Gasteiger partial charge in [-0.15, -0.1) is 22.6 Å². The Morgan fingerprint density at radius 1 is 0.944 bits per heavy atom. The second-order valence-corrected chi connectivity index (χ2v) is 14.7. The van der Waals surface area contributed by atoms with Gasteiger partial charge in [-0.1, -0.05) is 30.3 Å². The average Bonchev–Trinajstić information content (AvgIpc) is 3.70. The van der Waals surface area contributed by atoms with Crippen molar-refractivity contribution in [2.24, 2.45) is 17.6 Å². The van der Waals surface area contributed by atoms with Gasteiger partial charge in [0.2, 0.25) is 17.6 Å². The van der Waals surface area contributed by atoms with E-state index in [9.17, 15) is 18.8 Å². The van der Waals surface area contributed by atoms with E-state index in [-0.39, 0.29) is 59.7 Å². The molecule has 0 spiro atoms. The zero-order valence-electron chi connectivity index (χ0n) is 31.1. The SMILES string of the molecule is Cc1cc(C(=O)NC2CCN(C(C)C)CC2)ccc1-c1ccc(C[C@H](NC(=O)C2CCC(CN)CC2)C(=O)Nc2ccc(-c3nn[nH]n3)c(F)c2)cc1.Cl. The van der Waals surface area contributed by atoms with Gasteiger partial charge in [-0.25, -0.2) is 4.39 Å². The fourth-order valence-corrected chi connectivity index (χ4v) is 7.45. The minimum atomic E-state index is -0.905. The van der Waals surface area contributed by atoms with Crippen LogP contribution in [0.4, 0.5) is 10.1 Å². The number of likely N-dealkylation sites (tertiary alicyclic amines) is 1. The third-order valence-electron chi connectivity index (χ3n) is 10.8. The van der Waals surface area contributed by atoms with Crippen LogP contribution in [0.3, 0.4) is 0 Å².